The summed E-state index contributed by atoms with van der Waals surface area (Å²) in [5.74, 6) is -0.0400. The van der Waals surface area contributed by atoms with E-state index in [-0.39, 0.29) is 6.61 Å². The quantitative estimate of drug-likeness (QED) is 0.584. The second kappa shape index (κ2) is 8.59. The van der Waals surface area contributed by atoms with Gasteiger partial charge in [0.1, 0.15) is 17.5 Å². The molecular formula is C21H18ClN3O3. The van der Waals surface area contributed by atoms with Crippen molar-refractivity contribution in [3.63, 3.8) is 0 Å². The van der Waals surface area contributed by atoms with Gasteiger partial charge in [0.15, 0.2) is 6.10 Å². The molecule has 0 spiro atoms. The van der Waals surface area contributed by atoms with Crippen molar-refractivity contribution in [1.82, 2.24) is 9.78 Å². The van der Waals surface area contributed by atoms with Crippen molar-refractivity contribution >= 4 is 17.6 Å². The third kappa shape index (κ3) is 4.33. The number of benzene rings is 2. The summed E-state index contributed by atoms with van der Waals surface area (Å²) in [5, 5.41) is 13.6. The number of carbonyl (C=O) groups excluding carboxylic acids is 1. The van der Waals surface area contributed by atoms with Gasteiger partial charge in [-0.15, -0.1) is 0 Å². The molecule has 0 N–H and O–H groups in total. The molecule has 2 aromatic carbocycles. The third-order valence-electron chi connectivity index (χ3n) is 4.11. The molecule has 142 valence electrons. The Labute approximate surface area is 167 Å². The molecule has 1 aromatic heterocycles. The minimum Gasteiger partial charge on any atom is -0.479 e. The van der Waals surface area contributed by atoms with E-state index in [1.807, 2.05) is 43.3 Å². The standard InChI is InChI=1S/C21H18ClN3O3/c1-14-19(20(22)25(24-14)17-6-4-3-5-7-17)13-27-21(26)15(2)28-18-10-8-16(12-23)9-11-18/h3-11,15H,13H2,1-2H3. The molecule has 0 aliphatic heterocycles. The summed E-state index contributed by atoms with van der Waals surface area (Å²) in [5.41, 5.74) is 2.67. The Morgan fingerprint density at radius 3 is 2.54 bits per heavy atom. The van der Waals surface area contributed by atoms with Crippen LogP contribution in [0.3, 0.4) is 0 Å². The molecular weight excluding hydrogens is 378 g/mol. The van der Waals surface area contributed by atoms with Gasteiger partial charge in [0.25, 0.3) is 0 Å². The Morgan fingerprint density at radius 2 is 1.89 bits per heavy atom. The number of nitrogens with zero attached hydrogens (tertiary/aromatic N) is 3. The number of nitriles is 1. The lowest BCUT2D eigenvalue weighted by Crippen LogP contribution is -2.26. The number of esters is 1. The molecule has 28 heavy (non-hydrogen) atoms. The highest BCUT2D eigenvalue weighted by atomic mass is 35.5. The fourth-order valence-electron chi connectivity index (χ4n) is 2.56. The number of aryl methyl sites for hydroxylation is 1. The van der Waals surface area contributed by atoms with Gasteiger partial charge in [0, 0.05) is 5.56 Å². The molecule has 0 saturated carbocycles. The molecule has 1 unspecified atom stereocenters. The largest absolute Gasteiger partial charge is 0.479 e. The van der Waals surface area contributed by atoms with Crippen molar-refractivity contribution in [3.8, 4) is 17.5 Å². The van der Waals surface area contributed by atoms with Crippen LogP contribution in [0.2, 0.25) is 5.15 Å². The monoisotopic (exact) mass is 395 g/mol. The predicted octanol–water partition coefficient (Wildman–Crippen LogP) is 4.22. The normalized spacial score (nSPS) is 11.5. The second-order valence-corrected chi connectivity index (χ2v) is 6.46. The third-order valence-corrected chi connectivity index (χ3v) is 4.50. The first-order chi connectivity index (χ1) is 13.5. The lowest BCUT2D eigenvalue weighted by atomic mass is 10.2. The average molecular weight is 396 g/mol. The number of carbonyl (C=O) groups is 1. The van der Waals surface area contributed by atoms with Crippen LogP contribution in [0.4, 0.5) is 0 Å². The van der Waals surface area contributed by atoms with E-state index in [1.54, 1.807) is 35.9 Å². The van der Waals surface area contributed by atoms with Crippen molar-refractivity contribution in [1.29, 1.82) is 5.26 Å². The molecule has 0 aliphatic carbocycles. The van der Waals surface area contributed by atoms with Gasteiger partial charge in [-0.3, -0.25) is 0 Å². The summed E-state index contributed by atoms with van der Waals surface area (Å²) in [7, 11) is 0. The maximum Gasteiger partial charge on any atom is 0.347 e. The van der Waals surface area contributed by atoms with Crippen LogP contribution in [0.25, 0.3) is 5.69 Å². The summed E-state index contributed by atoms with van der Waals surface area (Å²) >= 11 is 6.44. The number of hydrogen-bond acceptors (Lipinski definition) is 5. The van der Waals surface area contributed by atoms with Crippen LogP contribution in [-0.2, 0) is 16.1 Å². The fraction of sp³-hybridized carbons (Fsp3) is 0.190. The number of halogens is 1. The second-order valence-electron chi connectivity index (χ2n) is 6.11. The Kier molecular flexibility index (Phi) is 5.97. The van der Waals surface area contributed by atoms with E-state index in [0.717, 1.165) is 5.69 Å². The summed E-state index contributed by atoms with van der Waals surface area (Å²) in [4.78, 5) is 12.3. The van der Waals surface area contributed by atoms with Gasteiger partial charge in [-0.25, -0.2) is 9.48 Å². The molecule has 3 aromatic rings. The van der Waals surface area contributed by atoms with Crippen LogP contribution in [0.5, 0.6) is 5.75 Å². The highest BCUT2D eigenvalue weighted by Gasteiger charge is 2.20. The van der Waals surface area contributed by atoms with Crippen LogP contribution in [0.15, 0.2) is 54.6 Å². The molecule has 7 heteroatoms. The maximum atomic E-state index is 12.3. The SMILES string of the molecule is Cc1nn(-c2ccccc2)c(Cl)c1COC(=O)C(C)Oc1ccc(C#N)cc1. The smallest absolute Gasteiger partial charge is 0.347 e. The fourth-order valence-corrected chi connectivity index (χ4v) is 2.88. The summed E-state index contributed by atoms with van der Waals surface area (Å²) in [6, 6.07) is 18.0. The zero-order valence-electron chi connectivity index (χ0n) is 15.4. The Bertz CT molecular complexity index is 1010. The molecule has 6 nitrogen and oxygen atoms in total. The van der Waals surface area contributed by atoms with Crippen LogP contribution in [0, 0.1) is 18.3 Å². The summed E-state index contributed by atoms with van der Waals surface area (Å²) in [6.45, 7) is 3.41. The van der Waals surface area contributed by atoms with Crippen molar-refractivity contribution in [2.75, 3.05) is 0 Å². The van der Waals surface area contributed by atoms with Crippen LogP contribution in [0.1, 0.15) is 23.7 Å². The predicted molar refractivity (Wildman–Crippen MR) is 104 cm³/mol. The van der Waals surface area contributed by atoms with E-state index in [4.69, 9.17) is 26.3 Å². The van der Waals surface area contributed by atoms with Crippen molar-refractivity contribution in [2.45, 2.75) is 26.6 Å². The van der Waals surface area contributed by atoms with Gasteiger partial charge in [0.2, 0.25) is 0 Å². The first-order valence-electron chi connectivity index (χ1n) is 8.62. The van der Waals surface area contributed by atoms with Gasteiger partial charge in [-0.05, 0) is 50.2 Å². The highest BCUT2D eigenvalue weighted by Crippen LogP contribution is 2.24. The lowest BCUT2D eigenvalue weighted by molar-refractivity contribution is -0.152. The Balaban J connectivity index is 1.64. The topological polar surface area (TPSA) is 77.1 Å². The number of rotatable bonds is 6. The summed E-state index contributed by atoms with van der Waals surface area (Å²) in [6.07, 6.45) is -0.809. The average Bonchev–Trinajstić information content (AvgIpc) is 3.01. The molecule has 0 amide bonds. The minimum absolute atomic E-state index is 0.00258. The number of hydrogen-bond donors (Lipinski definition) is 0. The first kappa shape index (κ1) is 19.5. The van der Waals surface area contributed by atoms with E-state index in [1.165, 1.54) is 0 Å². The van der Waals surface area contributed by atoms with Crippen LogP contribution >= 0.6 is 11.6 Å². The van der Waals surface area contributed by atoms with E-state index in [2.05, 4.69) is 5.10 Å². The lowest BCUT2D eigenvalue weighted by Gasteiger charge is -2.14. The number of aromatic nitrogens is 2. The molecule has 1 atom stereocenters. The van der Waals surface area contributed by atoms with Gasteiger partial charge < -0.3 is 9.47 Å². The van der Waals surface area contributed by atoms with Crippen molar-refractivity contribution in [3.05, 3.63) is 76.6 Å². The molecule has 0 bridgehead atoms. The van der Waals surface area contributed by atoms with E-state index in [9.17, 15) is 4.79 Å². The van der Waals surface area contributed by atoms with Crippen molar-refractivity contribution < 1.29 is 14.3 Å². The first-order valence-corrected chi connectivity index (χ1v) is 9.00. The van der Waals surface area contributed by atoms with Crippen LogP contribution in [-0.4, -0.2) is 21.9 Å². The molecule has 0 aliphatic rings. The molecule has 0 radical (unpaired) electrons. The molecule has 1 heterocycles. The zero-order chi connectivity index (χ0) is 20.1. The van der Waals surface area contributed by atoms with Gasteiger partial charge in [0.05, 0.1) is 23.0 Å². The van der Waals surface area contributed by atoms with Crippen molar-refractivity contribution in [2.24, 2.45) is 0 Å². The zero-order valence-corrected chi connectivity index (χ0v) is 16.2. The molecule has 0 saturated heterocycles. The summed E-state index contributed by atoms with van der Waals surface area (Å²) < 4.78 is 12.5. The van der Waals surface area contributed by atoms with Crippen LogP contribution < -0.4 is 4.74 Å². The number of para-hydroxylation sites is 1. The van der Waals surface area contributed by atoms with E-state index in [0.29, 0.717) is 27.7 Å². The van der Waals surface area contributed by atoms with Gasteiger partial charge in [-0.2, -0.15) is 10.4 Å². The molecule has 3 rings (SSSR count). The molecule has 0 fully saturated rings. The minimum atomic E-state index is -0.809. The highest BCUT2D eigenvalue weighted by molar-refractivity contribution is 6.30. The van der Waals surface area contributed by atoms with Gasteiger partial charge >= 0.3 is 5.97 Å². The van der Waals surface area contributed by atoms with E-state index < -0.39 is 12.1 Å². The van der Waals surface area contributed by atoms with Gasteiger partial charge in [-0.1, -0.05) is 29.8 Å². The van der Waals surface area contributed by atoms with E-state index >= 15 is 0 Å². The Hall–Kier alpha value is -3.30. The maximum absolute atomic E-state index is 12.3. The number of ether oxygens (including phenoxy) is 2. The Morgan fingerprint density at radius 1 is 1.21 bits per heavy atom.